The van der Waals surface area contributed by atoms with Crippen LogP contribution < -0.4 is 0 Å². The lowest BCUT2D eigenvalue weighted by Crippen LogP contribution is -2.52. The summed E-state index contributed by atoms with van der Waals surface area (Å²) in [4.78, 5) is 0. The molecule has 0 heterocycles. The molecular weight excluding hydrogens is 328 g/mol. The minimum atomic E-state index is 0.0696. The van der Waals surface area contributed by atoms with E-state index in [0.29, 0.717) is 25.0 Å². The van der Waals surface area contributed by atoms with Gasteiger partial charge in [0, 0.05) is 17.4 Å². The standard InChI is InChI=1S/C22H36O4/c1-4-24-16-20-9-13-22(14-10-20,18-26-6-3)21(17-25-5-2)11-7-19(15-23)8-12-21/h4-6,19-20,23H,1-3,7-18H2. The maximum Gasteiger partial charge on any atom is 0.0935 e. The molecule has 0 saturated heterocycles. The average Bonchev–Trinajstić information content (AvgIpc) is 2.70. The monoisotopic (exact) mass is 364 g/mol. The molecule has 2 rings (SSSR count). The predicted octanol–water partition coefficient (Wildman–Crippen LogP) is 4.81. The molecule has 0 aromatic carbocycles. The molecule has 0 spiro atoms. The molecule has 1 N–H and O–H groups in total. The molecule has 2 aliphatic carbocycles. The van der Waals surface area contributed by atoms with Crippen molar-refractivity contribution in [2.45, 2.75) is 51.4 Å². The van der Waals surface area contributed by atoms with E-state index in [4.69, 9.17) is 14.2 Å². The zero-order valence-corrected chi connectivity index (χ0v) is 16.2. The Morgan fingerprint density at radius 3 is 1.54 bits per heavy atom. The molecule has 4 nitrogen and oxygen atoms in total. The molecule has 0 atom stereocenters. The molecule has 2 saturated carbocycles. The lowest BCUT2D eigenvalue weighted by Gasteiger charge is -2.55. The Morgan fingerprint density at radius 2 is 1.15 bits per heavy atom. The van der Waals surface area contributed by atoms with Gasteiger partial charge in [0.25, 0.3) is 0 Å². The molecule has 2 aliphatic rings. The molecule has 2 fully saturated rings. The van der Waals surface area contributed by atoms with Crippen LogP contribution in [0.25, 0.3) is 0 Å². The quantitative estimate of drug-likeness (QED) is 0.534. The van der Waals surface area contributed by atoms with Gasteiger partial charge >= 0.3 is 0 Å². The van der Waals surface area contributed by atoms with Crippen LogP contribution in [0.5, 0.6) is 0 Å². The van der Waals surface area contributed by atoms with Gasteiger partial charge in [-0.2, -0.15) is 0 Å². The largest absolute Gasteiger partial charge is 0.502 e. The van der Waals surface area contributed by atoms with Gasteiger partial charge < -0.3 is 19.3 Å². The summed E-state index contributed by atoms with van der Waals surface area (Å²) in [5.41, 5.74) is 0.148. The summed E-state index contributed by atoms with van der Waals surface area (Å²) in [7, 11) is 0. The van der Waals surface area contributed by atoms with Crippen LogP contribution in [0.3, 0.4) is 0 Å². The molecule has 0 radical (unpaired) electrons. The number of aliphatic hydroxyl groups excluding tert-OH is 1. The predicted molar refractivity (Wildman–Crippen MR) is 104 cm³/mol. The van der Waals surface area contributed by atoms with E-state index in [1.165, 1.54) is 6.26 Å². The van der Waals surface area contributed by atoms with E-state index in [-0.39, 0.29) is 17.4 Å². The van der Waals surface area contributed by atoms with Gasteiger partial charge in [0.1, 0.15) is 0 Å². The van der Waals surface area contributed by atoms with Gasteiger partial charge in [-0.25, -0.2) is 0 Å². The Bertz CT molecular complexity index is 443. The van der Waals surface area contributed by atoms with Gasteiger partial charge in [0.15, 0.2) is 0 Å². The molecule has 0 bridgehead atoms. The van der Waals surface area contributed by atoms with E-state index in [1.54, 1.807) is 12.5 Å². The first-order valence-corrected chi connectivity index (χ1v) is 9.93. The normalized spacial score (nSPS) is 34.5. The molecular formula is C22H36O4. The van der Waals surface area contributed by atoms with Crippen molar-refractivity contribution in [2.24, 2.45) is 22.7 Å². The van der Waals surface area contributed by atoms with Crippen molar-refractivity contribution in [1.82, 2.24) is 0 Å². The van der Waals surface area contributed by atoms with E-state index in [9.17, 15) is 5.11 Å². The van der Waals surface area contributed by atoms with Crippen LogP contribution in [0.4, 0.5) is 0 Å². The molecule has 4 heteroatoms. The first kappa shape index (κ1) is 20.9. The molecule has 0 aromatic heterocycles. The highest BCUT2D eigenvalue weighted by Crippen LogP contribution is 2.58. The van der Waals surface area contributed by atoms with Gasteiger partial charge in [-0.15, -0.1) is 0 Å². The maximum atomic E-state index is 9.56. The van der Waals surface area contributed by atoms with Gasteiger partial charge in [-0.3, -0.25) is 0 Å². The van der Waals surface area contributed by atoms with Crippen molar-refractivity contribution in [3.8, 4) is 0 Å². The topological polar surface area (TPSA) is 47.9 Å². The van der Waals surface area contributed by atoms with Gasteiger partial charge in [-0.1, -0.05) is 19.7 Å². The summed E-state index contributed by atoms with van der Waals surface area (Å²) in [5.74, 6) is 0.998. The summed E-state index contributed by atoms with van der Waals surface area (Å²) in [6.07, 6.45) is 13.4. The lowest BCUT2D eigenvalue weighted by atomic mass is 9.51. The summed E-state index contributed by atoms with van der Waals surface area (Å²) >= 11 is 0. The summed E-state index contributed by atoms with van der Waals surface area (Å²) in [5, 5.41) is 9.56. The Balaban J connectivity index is 2.18. The molecule has 26 heavy (non-hydrogen) atoms. The van der Waals surface area contributed by atoms with Crippen LogP contribution in [0.15, 0.2) is 38.5 Å². The molecule has 0 amide bonds. The van der Waals surface area contributed by atoms with Gasteiger partial charge in [0.2, 0.25) is 0 Å². The average molecular weight is 365 g/mol. The SMILES string of the molecule is C=COCC1CCC(COC=C)(C2(COC=C)CCC(CO)CC2)CC1. The van der Waals surface area contributed by atoms with E-state index in [1.807, 2.05) is 0 Å². The van der Waals surface area contributed by atoms with Gasteiger partial charge in [-0.05, 0) is 63.2 Å². The Morgan fingerprint density at radius 1 is 0.731 bits per heavy atom. The highest BCUT2D eigenvalue weighted by molar-refractivity contribution is 5.03. The Labute approximate surface area is 158 Å². The van der Waals surface area contributed by atoms with E-state index in [0.717, 1.165) is 58.0 Å². The van der Waals surface area contributed by atoms with Gasteiger partial charge in [0.05, 0.1) is 38.6 Å². The molecule has 0 aliphatic heterocycles. The van der Waals surface area contributed by atoms with Crippen molar-refractivity contribution in [1.29, 1.82) is 0 Å². The Hall–Kier alpha value is -1.42. The first-order chi connectivity index (χ1) is 12.6. The fourth-order valence-electron chi connectivity index (χ4n) is 5.11. The zero-order chi connectivity index (χ0) is 18.9. The minimum absolute atomic E-state index is 0.0696. The second-order valence-electron chi connectivity index (χ2n) is 8.09. The summed E-state index contributed by atoms with van der Waals surface area (Å²) in [6, 6.07) is 0. The van der Waals surface area contributed by atoms with Crippen molar-refractivity contribution in [2.75, 3.05) is 26.4 Å². The first-order valence-electron chi connectivity index (χ1n) is 9.93. The second kappa shape index (κ2) is 10.1. The highest BCUT2D eigenvalue weighted by atomic mass is 16.5. The van der Waals surface area contributed by atoms with Crippen molar-refractivity contribution in [3.05, 3.63) is 38.5 Å². The third kappa shape index (κ3) is 4.64. The van der Waals surface area contributed by atoms with Crippen molar-refractivity contribution in [3.63, 3.8) is 0 Å². The summed E-state index contributed by atoms with van der Waals surface area (Å²) < 4.78 is 17.0. The van der Waals surface area contributed by atoms with Crippen LogP contribution in [0, 0.1) is 22.7 Å². The molecule has 0 unspecified atom stereocenters. The van der Waals surface area contributed by atoms with Crippen molar-refractivity contribution >= 4 is 0 Å². The van der Waals surface area contributed by atoms with Crippen LogP contribution in [0.2, 0.25) is 0 Å². The summed E-state index contributed by atoms with van der Waals surface area (Å²) in [6.45, 7) is 13.6. The number of ether oxygens (including phenoxy) is 3. The third-order valence-electron chi connectivity index (χ3n) is 6.91. The number of hydrogen-bond donors (Lipinski definition) is 1. The zero-order valence-electron chi connectivity index (χ0n) is 16.2. The highest BCUT2D eigenvalue weighted by Gasteiger charge is 2.54. The smallest absolute Gasteiger partial charge is 0.0935 e. The fraction of sp³-hybridized carbons (Fsp3) is 0.727. The second-order valence-corrected chi connectivity index (χ2v) is 8.09. The molecule has 0 aromatic rings. The van der Waals surface area contributed by atoms with Crippen LogP contribution in [0.1, 0.15) is 51.4 Å². The van der Waals surface area contributed by atoms with Crippen LogP contribution in [-0.4, -0.2) is 31.5 Å². The van der Waals surface area contributed by atoms with E-state index in [2.05, 4.69) is 19.7 Å². The maximum absolute atomic E-state index is 9.56. The Kier molecular flexibility index (Phi) is 8.08. The lowest BCUT2D eigenvalue weighted by molar-refractivity contribution is -0.120. The minimum Gasteiger partial charge on any atom is -0.502 e. The van der Waals surface area contributed by atoms with E-state index < -0.39 is 0 Å². The number of hydrogen-bond acceptors (Lipinski definition) is 4. The van der Waals surface area contributed by atoms with Crippen LogP contribution >= 0.6 is 0 Å². The van der Waals surface area contributed by atoms with E-state index >= 15 is 0 Å². The number of aliphatic hydroxyl groups is 1. The molecule has 148 valence electrons. The van der Waals surface area contributed by atoms with Crippen LogP contribution in [-0.2, 0) is 14.2 Å². The fourth-order valence-corrected chi connectivity index (χ4v) is 5.11. The third-order valence-corrected chi connectivity index (χ3v) is 6.91. The van der Waals surface area contributed by atoms with Crippen molar-refractivity contribution < 1.29 is 19.3 Å². The number of rotatable bonds is 11.